The molecular formula is C26H30N4O3. The van der Waals surface area contributed by atoms with Gasteiger partial charge in [0, 0.05) is 24.2 Å². The van der Waals surface area contributed by atoms with Gasteiger partial charge in [-0.15, -0.1) is 0 Å². The Labute approximate surface area is 195 Å². The fourth-order valence-corrected chi connectivity index (χ4v) is 4.38. The van der Waals surface area contributed by atoms with Crippen LogP contribution in [0.15, 0.2) is 24.3 Å². The van der Waals surface area contributed by atoms with E-state index < -0.39 is 18.5 Å². The lowest BCUT2D eigenvalue weighted by atomic mass is 9.70. The summed E-state index contributed by atoms with van der Waals surface area (Å²) in [5.41, 5.74) is 3.19. The summed E-state index contributed by atoms with van der Waals surface area (Å²) in [7, 11) is 0. The molecule has 0 unspecified atom stereocenters. The van der Waals surface area contributed by atoms with Crippen molar-refractivity contribution in [2.75, 3.05) is 19.7 Å². The van der Waals surface area contributed by atoms with Gasteiger partial charge in [0.25, 0.3) is 5.91 Å². The van der Waals surface area contributed by atoms with Gasteiger partial charge in [0.1, 0.15) is 0 Å². The number of nitriles is 2. The predicted octanol–water partition coefficient (Wildman–Crippen LogP) is 4.20. The summed E-state index contributed by atoms with van der Waals surface area (Å²) in [6, 6.07) is 11.5. The van der Waals surface area contributed by atoms with Gasteiger partial charge in [-0.25, -0.2) is 4.79 Å². The number of hydrogen-bond acceptors (Lipinski definition) is 6. The molecule has 0 fully saturated rings. The van der Waals surface area contributed by atoms with E-state index in [4.69, 9.17) is 20.2 Å². The Kier molecular flexibility index (Phi) is 7.66. The molecule has 0 spiro atoms. The Hall–Kier alpha value is -3.45. The van der Waals surface area contributed by atoms with Crippen LogP contribution in [0, 0.1) is 34.0 Å². The SMILES string of the molecule is CC(C)(C)[C@H]1CCc2nc3ccccc3c(C(=O)OCC(=O)N(CCC#N)CCC#N)c2C1. The zero-order valence-electron chi connectivity index (χ0n) is 19.6. The van der Waals surface area contributed by atoms with Crippen molar-refractivity contribution >= 4 is 22.8 Å². The Morgan fingerprint density at radius 2 is 1.82 bits per heavy atom. The van der Waals surface area contributed by atoms with Gasteiger partial charge in [-0.05, 0) is 42.2 Å². The molecule has 0 saturated carbocycles. The first-order chi connectivity index (χ1) is 15.8. The van der Waals surface area contributed by atoms with Gasteiger partial charge in [0.05, 0.1) is 36.1 Å². The summed E-state index contributed by atoms with van der Waals surface area (Å²) < 4.78 is 5.50. The number of hydrogen-bond donors (Lipinski definition) is 0. The maximum atomic E-state index is 13.3. The molecule has 7 nitrogen and oxygen atoms in total. The number of fused-ring (bicyclic) bond motifs is 2. The number of nitrogens with zero attached hydrogens (tertiary/aromatic N) is 4. The zero-order chi connectivity index (χ0) is 24.0. The number of rotatable bonds is 7. The van der Waals surface area contributed by atoms with Crippen molar-refractivity contribution in [2.24, 2.45) is 11.3 Å². The first kappa shape index (κ1) is 24.2. The van der Waals surface area contributed by atoms with E-state index in [1.54, 1.807) is 0 Å². The molecule has 0 saturated heterocycles. The van der Waals surface area contributed by atoms with Gasteiger partial charge in [0.15, 0.2) is 6.61 Å². The number of pyridine rings is 1. The number of amides is 1. The van der Waals surface area contributed by atoms with E-state index in [1.165, 1.54) is 4.90 Å². The van der Waals surface area contributed by atoms with Crippen LogP contribution in [0.1, 0.15) is 61.6 Å². The number of carbonyl (C=O) groups is 2. The smallest absolute Gasteiger partial charge is 0.339 e. The number of esters is 1. The second-order valence-corrected chi connectivity index (χ2v) is 9.51. The highest BCUT2D eigenvalue weighted by atomic mass is 16.5. The van der Waals surface area contributed by atoms with Crippen molar-refractivity contribution in [1.82, 2.24) is 9.88 Å². The van der Waals surface area contributed by atoms with Crippen LogP contribution in [0.5, 0.6) is 0 Å². The van der Waals surface area contributed by atoms with Gasteiger partial charge in [-0.2, -0.15) is 10.5 Å². The summed E-state index contributed by atoms with van der Waals surface area (Å²) >= 11 is 0. The van der Waals surface area contributed by atoms with Crippen molar-refractivity contribution < 1.29 is 14.3 Å². The van der Waals surface area contributed by atoms with Crippen LogP contribution in [-0.2, 0) is 22.4 Å². The molecule has 1 aliphatic rings. The number of benzene rings is 1. The van der Waals surface area contributed by atoms with Gasteiger partial charge in [-0.3, -0.25) is 9.78 Å². The molecule has 172 valence electrons. The van der Waals surface area contributed by atoms with Crippen LogP contribution >= 0.6 is 0 Å². The van der Waals surface area contributed by atoms with E-state index in [9.17, 15) is 9.59 Å². The van der Waals surface area contributed by atoms with Crippen LogP contribution in [0.25, 0.3) is 10.9 Å². The van der Waals surface area contributed by atoms with E-state index in [0.717, 1.165) is 41.4 Å². The summed E-state index contributed by atoms with van der Waals surface area (Å²) in [6.07, 6.45) is 2.87. The molecule has 1 heterocycles. The largest absolute Gasteiger partial charge is 0.452 e. The van der Waals surface area contributed by atoms with E-state index in [-0.39, 0.29) is 31.3 Å². The summed E-state index contributed by atoms with van der Waals surface area (Å²) in [5, 5.41) is 18.4. The third kappa shape index (κ3) is 5.68. The average Bonchev–Trinajstić information content (AvgIpc) is 2.79. The van der Waals surface area contributed by atoms with E-state index in [0.29, 0.717) is 11.5 Å². The minimum atomic E-state index is -0.534. The number of carbonyl (C=O) groups excluding carboxylic acids is 2. The van der Waals surface area contributed by atoms with Crippen molar-refractivity contribution in [3.05, 3.63) is 41.1 Å². The third-order valence-corrected chi connectivity index (χ3v) is 6.35. The van der Waals surface area contributed by atoms with Crippen LogP contribution in [0.4, 0.5) is 0 Å². The van der Waals surface area contributed by atoms with Crippen molar-refractivity contribution in [3.63, 3.8) is 0 Å². The second kappa shape index (κ2) is 10.4. The molecule has 0 bridgehead atoms. The van der Waals surface area contributed by atoms with Crippen molar-refractivity contribution in [1.29, 1.82) is 10.5 Å². The highest BCUT2D eigenvalue weighted by molar-refractivity contribution is 6.05. The first-order valence-electron chi connectivity index (χ1n) is 11.4. The number of para-hydroxylation sites is 1. The predicted molar refractivity (Wildman–Crippen MR) is 124 cm³/mol. The lowest BCUT2D eigenvalue weighted by Gasteiger charge is -2.35. The first-order valence-corrected chi connectivity index (χ1v) is 11.4. The van der Waals surface area contributed by atoms with E-state index in [2.05, 4.69) is 20.8 Å². The zero-order valence-corrected chi connectivity index (χ0v) is 19.6. The van der Waals surface area contributed by atoms with Gasteiger partial charge in [0.2, 0.25) is 0 Å². The van der Waals surface area contributed by atoms with Crippen LogP contribution in [0.3, 0.4) is 0 Å². The Bertz CT molecular complexity index is 1100. The molecule has 0 N–H and O–H groups in total. The maximum Gasteiger partial charge on any atom is 0.339 e. The van der Waals surface area contributed by atoms with E-state index in [1.807, 2.05) is 36.4 Å². The minimum absolute atomic E-state index is 0.0997. The monoisotopic (exact) mass is 446 g/mol. The van der Waals surface area contributed by atoms with Crippen LogP contribution in [-0.4, -0.2) is 41.5 Å². The molecule has 1 atom stereocenters. The summed E-state index contributed by atoms with van der Waals surface area (Å²) in [5.74, 6) is -0.532. The number of ether oxygens (including phenoxy) is 1. The average molecular weight is 447 g/mol. The Morgan fingerprint density at radius 1 is 1.15 bits per heavy atom. The molecule has 7 heteroatoms. The van der Waals surface area contributed by atoms with Crippen molar-refractivity contribution in [2.45, 2.75) is 52.9 Å². The number of aromatic nitrogens is 1. The topological polar surface area (TPSA) is 107 Å². The lowest BCUT2D eigenvalue weighted by Crippen LogP contribution is -2.36. The molecule has 0 radical (unpaired) electrons. The third-order valence-electron chi connectivity index (χ3n) is 6.35. The Balaban J connectivity index is 1.88. The lowest BCUT2D eigenvalue weighted by molar-refractivity contribution is -0.134. The fourth-order valence-electron chi connectivity index (χ4n) is 4.38. The molecule has 1 aliphatic carbocycles. The highest BCUT2D eigenvalue weighted by Crippen LogP contribution is 2.39. The van der Waals surface area contributed by atoms with Crippen LogP contribution in [0.2, 0.25) is 0 Å². The normalized spacial score (nSPS) is 15.2. The fraction of sp³-hybridized carbons (Fsp3) is 0.500. The minimum Gasteiger partial charge on any atom is -0.452 e. The quantitative estimate of drug-likeness (QED) is 0.590. The summed E-state index contributed by atoms with van der Waals surface area (Å²) in [6.45, 7) is 6.62. The van der Waals surface area contributed by atoms with E-state index >= 15 is 0 Å². The molecule has 1 amide bonds. The second-order valence-electron chi connectivity index (χ2n) is 9.51. The summed E-state index contributed by atoms with van der Waals surface area (Å²) in [4.78, 5) is 32.2. The number of aryl methyl sites for hydroxylation is 1. The molecule has 33 heavy (non-hydrogen) atoms. The Morgan fingerprint density at radius 3 is 2.45 bits per heavy atom. The molecule has 3 rings (SSSR count). The van der Waals surface area contributed by atoms with Gasteiger partial charge >= 0.3 is 5.97 Å². The van der Waals surface area contributed by atoms with Crippen molar-refractivity contribution in [3.8, 4) is 12.1 Å². The molecular weight excluding hydrogens is 416 g/mol. The molecule has 1 aromatic carbocycles. The van der Waals surface area contributed by atoms with Gasteiger partial charge < -0.3 is 9.64 Å². The molecule has 0 aliphatic heterocycles. The maximum absolute atomic E-state index is 13.3. The molecule has 1 aromatic heterocycles. The van der Waals surface area contributed by atoms with Gasteiger partial charge in [-0.1, -0.05) is 39.0 Å². The molecule has 2 aromatic rings. The standard InChI is InChI=1S/C26H30N4O3/c1-26(2,3)18-10-11-22-20(16-18)24(19-8-4-5-9-21(19)29-22)25(32)33-17-23(31)30(14-6-12-27)15-7-13-28/h4-5,8-9,18H,6-7,10-11,14-17H2,1-3H3/t18-/m0/s1. The van der Waals surface area contributed by atoms with Crippen LogP contribution < -0.4 is 0 Å². The highest BCUT2D eigenvalue weighted by Gasteiger charge is 2.33.